The number of rotatable bonds is 8. The van der Waals surface area contributed by atoms with Gasteiger partial charge in [-0.25, -0.2) is 0 Å². The van der Waals surface area contributed by atoms with Gasteiger partial charge in [-0.2, -0.15) is 0 Å². The van der Waals surface area contributed by atoms with Crippen LogP contribution in [0.3, 0.4) is 0 Å². The van der Waals surface area contributed by atoms with E-state index < -0.39 is 65.8 Å². The van der Waals surface area contributed by atoms with Gasteiger partial charge in [-0.05, 0) is 207 Å². The van der Waals surface area contributed by atoms with Gasteiger partial charge in [0.25, 0.3) is 0 Å². The Labute approximate surface area is 567 Å². The van der Waals surface area contributed by atoms with Gasteiger partial charge in [0.15, 0.2) is 0 Å². The van der Waals surface area contributed by atoms with Gasteiger partial charge < -0.3 is 9.80 Å². The minimum Gasteiger partial charge on any atom is -0.310 e. The summed E-state index contributed by atoms with van der Waals surface area (Å²) in [7, 11) is 0. The minimum atomic E-state index is -0.598. The Bertz CT molecular complexity index is 5770. The summed E-state index contributed by atoms with van der Waals surface area (Å²) in [6.45, 7) is 18.4. The molecule has 452 valence electrons. The molecule has 0 saturated carbocycles. The highest BCUT2D eigenvalue weighted by molar-refractivity contribution is 6.12. The van der Waals surface area contributed by atoms with Gasteiger partial charge in [-0.3, -0.25) is 0 Å². The second kappa shape index (κ2) is 21.4. The molecular weight excluding hydrogens is 1130 g/mol. The zero-order valence-corrected chi connectivity index (χ0v) is 54.0. The first kappa shape index (κ1) is 47.1. The average Bonchev–Trinajstić information content (AvgIpc) is 1.51. The summed E-state index contributed by atoms with van der Waals surface area (Å²) in [4.78, 5) is 3.74. The molecule has 18 rings (SSSR count). The molecule has 0 aliphatic heterocycles. The number of anilines is 6. The van der Waals surface area contributed by atoms with Crippen LogP contribution in [0.1, 0.15) is 114 Å². The summed E-state index contributed by atoms with van der Waals surface area (Å²) in [6.07, 6.45) is 0. The van der Waals surface area contributed by atoms with Gasteiger partial charge in [-0.1, -0.05) is 274 Å². The van der Waals surface area contributed by atoms with E-state index in [0.29, 0.717) is 11.1 Å². The maximum absolute atomic E-state index is 9.00. The first-order valence-electron chi connectivity index (χ1n) is 37.6. The summed E-state index contributed by atoms with van der Waals surface area (Å²) in [5.41, 5.74) is 27.1. The lowest BCUT2D eigenvalue weighted by molar-refractivity contribution is 0.652. The Morgan fingerprint density at radius 1 is 0.234 bits per heavy atom. The van der Waals surface area contributed by atoms with Crippen LogP contribution in [0.25, 0.3) is 88.3 Å². The molecule has 14 aromatic carbocycles. The molecular formula is C92H74N2. The lowest BCUT2D eigenvalue weighted by Crippen LogP contribution is -2.18. The van der Waals surface area contributed by atoms with E-state index in [-0.39, 0.29) is 27.6 Å². The molecule has 0 N–H and O–H groups in total. The Balaban J connectivity index is 0.000000154. The van der Waals surface area contributed by atoms with E-state index >= 15 is 0 Å². The summed E-state index contributed by atoms with van der Waals surface area (Å²) in [6, 6.07) is 81.8. The van der Waals surface area contributed by atoms with E-state index in [1.807, 2.05) is 30.3 Å². The fraction of sp³-hybridized carbons (Fsp3) is 0.130. The maximum atomic E-state index is 9.00. The van der Waals surface area contributed by atoms with Crippen molar-refractivity contribution in [3.63, 3.8) is 0 Å². The predicted molar refractivity (Wildman–Crippen MR) is 398 cm³/mol. The van der Waals surface area contributed by atoms with Crippen molar-refractivity contribution in [2.45, 2.75) is 77.0 Å². The van der Waals surface area contributed by atoms with Gasteiger partial charge in [0.1, 0.15) is 0 Å². The van der Waals surface area contributed by atoms with E-state index in [4.69, 9.17) is 13.7 Å². The smallest absolute Gasteiger partial charge is 0.0645 e. The van der Waals surface area contributed by atoms with Crippen LogP contribution in [-0.4, -0.2) is 0 Å². The fourth-order valence-electron chi connectivity index (χ4n) is 16.2. The Morgan fingerprint density at radius 3 is 0.926 bits per heavy atom. The molecule has 0 unspecified atom stereocenters. The molecule has 0 fully saturated rings. The number of hydrogen-bond donors (Lipinski definition) is 0. The third-order valence-corrected chi connectivity index (χ3v) is 21.1. The SMILES string of the molecule is CC1(C)c2ccccc2-c2cc3c(cc21)-c1c(cc(N(c2ccc(-c4ccccc4)cc2)c2ccc(-c4ccccc4)cc2)c2ccccc12)C3(C)C.[2H]c1c([2H])c([2H])c(N(c2c([2H])c([2H])c([2H])c([2H])c2[2H])c2cc3c(c4ccccc24)-c2cc4c(cc2C3(C)C)-c2ccccc2C4(C)C)c([2H])c1[2H]. The molecule has 0 amide bonds. The summed E-state index contributed by atoms with van der Waals surface area (Å²) >= 11 is 0. The van der Waals surface area contributed by atoms with Crippen LogP contribution < -0.4 is 9.80 Å². The van der Waals surface area contributed by atoms with Crippen molar-refractivity contribution in [1.29, 1.82) is 0 Å². The van der Waals surface area contributed by atoms with Crippen LogP contribution in [0.15, 0.2) is 303 Å². The monoisotopic (exact) mass is 1220 g/mol. The Kier molecular flexibility index (Phi) is 10.7. The summed E-state index contributed by atoms with van der Waals surface area (Å²) in [5.74, 6) is 0. The molecule has 2 heteroatoms. The van der Waals surface area contributed by atoms with Gasteiger partial charge in [-0.15, -0.1) is 0 Å². The van der Waals surface area contributed by atoms with Crippen LogP contribution in [0, 0.1) is 0 Å². The molecule has 2 nitrogen and oxygen atoms in total. The topological polar surface area (TPSA) is 6.48 Å². The zero-order chi connectivity index (χ0) is 72.5. The third kappa shape index (κ3) is 8.69. The lowest BCUT2D eigenvalue weighted by atomic mass is 9.79. The van der Waals surface area contributed by atoms with Crippen LogP contribution in [0.4, 0.5) is 34.1 Å². The fourth-order valence-corrected chi connectivity index (χ4v) is 16.2. The molecule has 4 aliphatic carbocycles. The molecule has 0 aromatic heterocycles. The lowest BCUT2D eigenvalue weighted by Gasteiger charge is -2.30. The Morgan fingerprint density at radius 2 is 0.532 bits per heavy atom. The predicted octanol–water partition coefficient (Wildman–Crippen LogP) is 25.2. The quantitative estimate of drug-likeness (QED) is 0.150. The normalized spacial score (nSPS) is 16.2. The molecule has 0 bridgehead atoms. The summed E-state index contributed by atoms with van der Waals surface area (Å²) < 4.78 is 86.7. The van der Waals surface area contributed by atoms with E-state index in [0.717, 1.165) is 39.0 Å². The van der Waals surface area contributed by atoms with Gasteiger partial charge in [0.05, 0.1) is 25.1 Å². The van der Waals surface area contributed by atoms with Crippen molar-refractivity contribution in [2.75, 3.05) is 9.80 Å². The number of nitrogens with zero attached hydrogens (tertiary/aromatic N) is 2. The molecule has 0 atom stereocenters. The molecule has 0 radical (unpaired) electrons. The van der Waals surface area contributed by atoms with Gasteiger partial charge >= 0.3 is 0 Å². The molecule has 0 heterocycles. The largest absolute Gasteiger partial charge is 0.310 e. The molecule has 4 aliphatic rings. The molecule has 14 aromatic rings. The minimum absolute atomic E-state index is 0.0573. The van der Waals surface area contributed by atoms with Crippen LogP contribution in [0.5, 0.6) is 0 Å². The standard InChI is InChI=1S/C52H41N.C40H33N/c1-51(2)45-22-14-13-19-40(45)43-31-47-44(32-46(43)51)50-42-21-12-11-20-41(42)49(33-48(50)52(47,3)4)53(38-27-23-36(24-28-38)34-15-7-5-8-16-34)39-29-25-37(26-30-39)35-17-9-6-10-18-35;1-39(2)33-22-14-13-19-28(33)31-23-35-32(24-34(31)39)38-30-21-12-11-20-29(30)37(25-36(38)40(35,3)4)41(26-15-7-5-8-16-26)27-17-9-6-10-18-27/h5-33H,1-4H3;5-25H,1-4H3/i;5D,6D,7D,8D,9D,10D,15D,16D,17D,18D. The van der Waals surface area contributed by atoms with Crippen LogP contribution in [-0.2, 0) is 21.7 Å². The zero-order valence-electron chi connectivity index (χ0n) is 64.0. The number of fused-ring (bicyclic) bond motifs is 16. The maximum Gasteiger partial charge on any atom is 0.0645 e. The van der Waals surface area contributed by atoms with Crippen molar-refractivity contribution in [2.24, 2.45) is 0 Å². The molecule has 94 heavy (non-hydrogen) atoms. The highest BCUT2D eigenvalue weighted by Crippen LogP contribution is 2.61. The molecule has 0 spiro atoms. The first-order valence-corrected chi connectivity index (χ1v) is 32.6. The van der Waals surface area contributed by atoms with Crippen molar-refractivity contribution in [1.82, 2.24) is 0 Å². The number of hydrogen-bond acceptors (Lipinski definition) is 2. The first-order chi connectivity index (χ1) is 49.8. The van der Waals surface area contributed by atoms with Gasteiger partial charge in [0.2, 0.25) is 0 Å². The van der Waals surface area contributed by atoms with Crippen molar-refractivity contribution in [3.8, 4) is 66.8 Å². The highest BCUT2D eigenvalue weighted by Gasteiger charge is 2.45. The highest BCUT2D eigenvalue weighted by atomic mass is 15.1. The Hall–Kier alpha value is -10.8. The molecule has 0 saturated heterocycles. The number of benzene rings is 14. The van der Waals surface area contributed by atoms with Crippen molar-refractivity contribution < 1.29 is 13.7 Å². The number of para-hydroxylation sites is 2. The third-order valence-electron chi connectivity index (χ3n) is 21.1. The van der Waals surface area contributed by atoms with Crippen LogP contribution in [0.2, 0.25) is 0 Å². The van der Waals surface area contributed by atoms with E-state index in [1.54, 1.807) is 0 Å². The van der Waals surface area contributed by atoms with Crippen molar-refractivity contribution in [3.05, 3.63) is 348 Å². The van der Waals surface area contributed by atoms with Crippen molar-refractivity contribution >= 4 is 55.7 Å². The second-order valence-corrected chi connectivity index (χ2v) is 27.6. The summed E-state index contributed by atoms with van der Waals surface area (Å²) in [5, 5.41) is 4.00. The van der Waals surface area contributed by atoms with E-state index in [9.17, 15) is 0 Å². The second-order valence-electron chi connectivity index (χ2n) is 27.6. The van der Waals surface area contributed by atoms with E-state index in [1.165, 1.54) is 110 Å². The van der Waals surface area contributed by atoms with Gasteiger partial charge in [0, 0.05) is 55.2 Å². The average molecular weight is 1220 g/mol. The van der Waals surface area contributed by atoms with E-state index in [2.05, 4.69) is 273 Å². The van der Waals surface area contributed by atoms with Crippen LogP contribution >= 0.6 is 0 Å².